The van der Waals surface area contributed by atoms with Crippen LogP contribution in [0.2, 0.25) is 0 Å². The number of carbonyl (C=O) groups is 2. The third-order valence-corrected chi connectivity index (χ3v) is 8.32. The second-order valence-corrected chi connectivity index (χ2v) is 10.0. The van der Waals surface area contributed by atoms with Crippen LogP contribution in [0.4, 0.5) is 5.00 Å². The predicted molar refractivity (Wildman–Crippen MR) is 131 cm³/mol. The van der Waals surface area contributed by atoms with E-state index in [1.165, 1.54) is 12.0 Å². The number of fused-ring (bicyclic) bond motifs is 1. The maximum absolute atomic E-state index is 13.3. The molecular weight excluding hydrogens is 446 g/mol. The summed E-state index contributed by atoms with van der Waals surface area (Å²) < 4.78 is 5.21. The first-order valence-electron chi connectivity index (χ1n) is 11.8. The second-order valence-electron chi connectivity index (χ2n) is 8.96. The van der Waals surface area contributed by atoms with E-state index in [2.05, 4.69) is 6.07 Å². The lowest BCUT2D eigenvalue weighted by Gasteiger charge is -2.39. The van der Waals surface area contributed by atoms with Crippen LogP contribution in [0.25, 0.3) is 0 Å². The SMILES string of the molecule is COC(=O)c1c(N2C(N)=C(C#N)[C@H](c3ccccc3)C3=C2CCCC3=O)sc2c1CCCCC2. The van der Waals surface area contributed by atoms with Crippen molar-refractivity contribution in [2.45, 2.75) is 57.3 Å². The molecule has 0 amide bonds. The Morgan fingerprint density at radius 3 is 2.62 bits per heavy atom. The number of nitrogens with two attached hydrogens (primary N) is 1. The first-order chi connectivity index (χ1) is 16.6. The molecule has 1 aliphatic heterocycles. The fourth-order valence-corrected chi connectivity index (χ4v) is 6.91. The Kier molecular flexibility index (Phi) is 6.01. The highest BCUT2D eigenvalue weighted by atomic mass is 32.1. The molecule has 174 valence electrons. The molecule has 1 atom stereocenters. The Bertz CT molecular complexity index is 1270. The summed E-state index contributed by atoms with van der Waals surface area (Å²) in [6.45, 7) is 0. The van der Waals surface area contributed by atoms with E-state index in [0.29, 0.717) is 46.8 Å². The van der Waals surface area contributed by atoms with Crippen LogP contribution in [-0.4, -0.2) is 18.9 Å². The molecule has 5 rings (SSSR count). The van der Waals surface area contributed by atoms with E-state index < -0.39 is 11.9 Å². The quantitative estimate of drug-likeness (QED) is 0.492. The lowest BCUT2D eigenvalue weighted by Crippen LogP contribution is -2.39. The predicted octanol–water partition coefficient (Wildman–Crippen LogP) is 5.11. The summed E-state index contributed by atoms with van der Waals surface area (Å²) in [5.74, 6) is -0.552. The fraction of sp³-hybridized carbons (Fsp3) is 0.370. The summed E-state index contributed by atoms with van der Waals surface area (Å²) in [5, 5.41) is 10.9. The van der Waals surface area contributed by atoms with Gasteiger partial charge >= 0.3 is 5.97 Å². The summed E-state index contributed by atoms with van der Waals surface area (Å²) in [4.78, 5) is 29.4. The van der Waals surface area contributed by atoms with Crippen LogP contribution in [0.5, 0.6) is 0 Å². The highest BCUT2D eigenvalue weighted by molar-refractivity contribution is 7.16. The molecule has 0 spiro atoms. The summed E-state index contributed by atoms with van der Waals surface area (Å²) in [6, 6.07) is 11.9. The Balaban J connectivity index is 1.77. The van der Waals surface area contributed by atoms with Gasteiger partial charge in [0.15, 0.2) is 5.78 Å². The number of carbonyl (C=O) groups excluding carboxylic acids is 2. The van der Waals surface area contributed by atoms with Crippen LogP contribution in [-0.2, 0) is 22.4 Å². The van der Waals surface area contributed by atoms with Crippen molar-refractivity contribution < 1.29 is 14.3 Å². The lowest BCUT2D eigenvalue weighted by atomic mass is 9.75. The number of esters is 1. The number of hydrogen-bond acceptors (Lipinski definition) is 7. The molecule has 1 aromatic heterocycles. The van der Waals surface area contributed by atoms with E-state index in [1.807, 2.05) is 35.2 Å². The average Bonchev–Trinajstić information content (AvgIpc) is 3.04. The van der Waals surface area contributed by atoms with Gasteiger partial charge in [-0.05, 0) is 49.7 Å². The van der Waals surface area contributed by atoms with Gasteiger partial charge in [0.2, 0.25) is 0 Å². The number of aryl methyl sites for hydroxylation is 1. The molecule has 34 heavy (non-hydrogen) atoms. The minimum Gasteiger partial charge on any atom is -0.465 e. The maximum Gasteiger partial charge on any atom is 0.341 e. The molecule has 0 bridgehead atoms. The van der Waals surface area contributed by atoms with Crippen molar-refractivity contribution in [1.29, 1.82) is 5.26 Å². The molecule has 2 aliphatic carbocycles. The first kappa shape index (κ1) is 22.4. The molecule has 0 saturated carbocycles. The van der Waals surface area contributed by atoms with Crippen molar-refractivity contribution in [1.82, 2.24) is 0 Å². The van der Waals surface area contributed by atoms with Crippen molar-refractivity contribution in [3.05, 3.63) is 74.6 Å². The van der Waals surface area contributed by atoms with Gasteiger partial charge in [0.25, 0.3) is 0 Å². The number of Topliss-reactive ketones (excluding diaryl/α,β-unsaturated/α-hetero) is 1. The van der Waals surface area contributed by atoms with Crippen LogP contribution in [0.1, 0.15) is 70.8 Å². The van der Waals surface area contributed by atoms with Gasteiger partial charge < -0.3 is 10.5 Å². The molecule has 1 aromatic carbocycles. The number of thiophene rings is 1. The van der Waals surface area contributed by atoms with Gasteiger partial charge in [-0.2, -0.15) is 5.26 Å². The zero-order chi connectivity index (χ0) is 23.8. The molecule has 7 heteroatoms. The number of rotatable bonds is 3. The van der Waals surface area contributed by atoms with Crippen molar-refractivity contribution in [3.63, 3.8) is 0 Å². The van der Waals surface area contributed by atoms with E-state index in [0.717, 1.165) is 48.9 Å². The average molecular weight is 474 g/mol. The summed E-state index contributed by atoms with van der Waals surface area (Å²) >= 11 is 1.55. The van der Waals surface area contributed by atoms with Crippen molar-refractivity contribution >= 4 is 28.1 Å². The van der Waals surface area contributed by atoms with Crippen molar-refractivity contribution in [3.8, 4) is 6.07 Å². The summed E-state index contributed by atoms with van der Waals surface area (Å²) in [6.07, 6.45) is 6.76. The molecule has 0 unspecified atom stereocenters. The van der Waals surface area contributed by atoms with Gasteiger partial charge in [-0.25, -0.2) is 4.79 Å². The Hall–Kier alpha value is -3.37. The molecule has 2 heterocycles. The van der Waals surface area contributed by atoms with Crippen LogP contribution >= 0.6 is 11.3 Å². The van der Waals surface area contributed by atoms with E-state index in [1.54, 1.807) is 11.3 Å². The summed E-state index contributed by atoms with van der Waals surface area (Å²) in [7, 11) is 1.39. The fourth-order valence-electron chi connectivity index (χ4n) is 5.50. The van der Waals surface area contributed by atoms with Crippen LogP contribution in [0.3, 0.4) is 0 Å². The minimum atomic E-state index is -0.496. The van der Waals surface area contributed by atoms with E-state index in [4.69, 9.17) is 10.5 Å². The number of hydrogen-bond donors (Lipinski definition) is 1. The molecule has 0 fully saturated rings. The second kappa shape index (κ2) is 9.11. The smallest absolute Gasteiger partial charge is 0.341 e. The normalized spacial score (nSPS) is 20.4. The monoisotopic (exact) mass is 473 g/mol. The molecule has 0 saturated heterocycles. The number of allylic oxidation sites excluding steroid dienone is 3. The van der Waals surface area contributed by atoms with Gasteiger partial charge in [-0.1, -0.05) is 36.8 Å². The minimum absolute atomic E-state index is 0.0399. The van der Waals surface area contributed by atoms with Crippen molar-refractivity contribution in [2.75, 3.05) is 12.0 Å². The highest BCUT2D eigenvalue weighted by Crippen LogP contribution is 2.50. The van der Waals surface area contributed by atoms with Gasteiger partial charge in [0, 0.05) is 22.6 Å². The van der Waals surface area contributed by atoms with E-state index >= 15 is 0 Å². The number of ketones is 1. The largest absolute Gasteiger partial charge is 0.465 e. The lowest BCUT2D eigenvalue weighted by molar-refractivity contribution is -0.116. The van der Waals surface area contributed by atoms with Gasteiger partial charge in [-0.3, -0.25) is 9.69 Å². The number of nitrogens with zero attached hydrogens (tertiary/aromatic N) is 2. The third kappa shape index (κ3) is 3.54. The Morgan fingerprint density at radius 1 is 1.12 bits per heavy atom. The van der Waals surface area contributed by atoms with Crippen LogP contribution in [0.15, 0.2) is 53.0 Å². The van der Waals surface area contributed by atoms with Crippen LogP contribution in [0, 0.1) is 11.3 Å². The summed E-state index contributed by atoms with van der Waals surface area (Å²) in [5.41, 5.74) is 11.0. The zero-order valence-corrected chi connectivity index (χ0v) is 20.0. The molecule has 2 N–H and O–H groups in total. The molecule has 3 aliphatic rings. The number of methoxy groups -OCH3 is 1. The first-order valence-corrected chi connectivity index (χ1v) is 12.6. The molecule has 6 nitrogen and oxygen atoms in total. The Morgan fingerprint density at radius 2 is 1.88 bits per heavy atom. The zero-order valence-electron chi connectivity index (χ0n) is 19.2. The molecular formula is C27H27N3O3S. The number of anilines is 1. The number of ether oxygens (including phenoxy) is 1. The highest BCUT2D eigenvalue weighted by Gasteiger charge is 2.42. The number of nitriles is 1. The van der Waals surface area contributed by atoms with Gasteiger partial charge in [0.05, 0.1) is 30.2 Å². The van der Waals surface area contributed by atoms with Crippen molar-refractivity contribution in [2.24, 2.45) is 5.73 Å². The maximum atomic E-state index is 13.3. The number of benzene rings is 1. The topological polar surface area (TPSA) is 96.4 Å². The van der Waals surface area contributed by atoms with Crippen LogP contribution < -0.4 is 10.6 Å². The van der Waals surface area contributed by atoms with Gasteiger partial charge in [0.1, 0.15) is 10.8 Å². The van der Waals surface area contributed by atoms with E-state index in [-0.39, 0.29) is 5.78 Å². The third-order valence-electron chi connectivity index (χ3n) is 7.04. The Labute approximate surface area is 203 Å². The van der Waals surface area contributed by atoms with E-state index in [9.17, 15) is 14.9 Å². The molecule has 0 radical (unpaired) electrons. The van der Waals surface area contributed by atoms with Gasteiger partial charge in [-0.15, -0.1) is 11.3 Å². The molecule has 2 aromatic rings. The standard InChI is InChI=1S/C27H27N3O3S/c1-33-27(32)23-17-11-6-3-7-14-21(17)34-26(23)30-19-12-8-13-20(31)24(19)22(18(15-28)25(30)29)16-9-4-2-5-10-16/h2,4-5,9-10,22H,3,6-8,11-14,29H2,1H3/t22-/m0/s1.